The van der Waals surface area contributed by atoms with Crippen molar-refractivity contribution in [2.75, 3.05) is 48.3 Å². The third-order valence-electron chi connectivity index (χ3n) is 7.33. The Morgan fingerprint density at radius 2 is 1.90 bits per heavy atom. The first kappa shape index (κ1) is 26.9. The second-order valence-electron chi connectivity index (χ2n) is 10.2. The minimum Gasteiger partial charge on any atom is -0.366 e. The van der Waals surface area contributed by atoms with Gasteiger partial charge < -0.3 is 20.4 Å². The molecule has 1 fully saturated rings. The summed E-state index contributed by atoms with van der Waals surface area (Å²) in [5.41, 5.74) is 3.70. The van der Waals surface area contributed by atoms with Crippen LogP contribution in [0.25, 0.3) is 0 Å². The van der Waals surface area contributed by atoms with E-state index in [2.05, 4.69) is 25.4 Å². The van der Waals surface area contributed by atoms with Crippen molar-refractivity contribution in [3.63, 3.8) is 0 Å². The van der Waals surface area contributed by atoms with Gasteiger partial charge in [0, 0.05) is 54.8 Å². The molecule has 2 aliphatic rings. The Labute approximate surface area is 226 Å². The molecule has 0 bridgehead atoms. The molecular weight excluding hydrogens is 505 g/mol. The van der Waals surface area contributed by atoms with Crippen LogP contribution in [-0.4, -0.2) is 53.5 Å². The third-order valence-corrected chi connectivity index (χ3v) is 7.33. The van der Waals surface area contributed by atoms with E-state index in [0.29, 0.717) is 18.2 Å². The number of carbonyl (C=O) groups excluding carboxylic acids is 1. The van der Waals surface area contributed by atoms with Crippen molar-refractivity contribution in [2.45, 2.75) is 45.3 Å². The van der Waals surface area contributed by atoms with E-state index < -0.39 is 17.6 Å². The van der Waals surface area contributed by atoms with Gasteiger partial charge in [0.1, 0.15) is 0 Å². The molecule has 2 N–H and O–H groups in total. The smallest absolute Gasteiger partial charge is 0.366 e. The summed E-state index contributed by atoms with van der Waals surface area (Å²) in [6.45, 7) is 7.74. The number of hydrogen-bond acceptors (Lipinski definition) is 6. The van der Waals surface area contributed by atoms with Crippen LogP contribution in [0.4, 0.5) is 30.5 Å². The molecule has 3 heterocycles. The highest BCUT2D eigenvalue weighted by molar-refractivity contribution is 6.04. The number of hydrogen-bond donors (Lipinski definition) is 2. The Morgan fingerprint density at radius 3 is 2.69 bits per heavy atom. The second-order valence-corrected chi connectivity index (χ2v) is 10.2. The summed E-state index contributed by atoms with van der Waals surface area (Å²) >= 11 is 0. The Bertz CT molecular complexity index is 1320. The predicted molar refractivity (Wildman–Crippen MR) is 146 cm³/mol. The predicted octanol–water partition coefficient (Wildman–Crippen LogP) is 5.52. The van der Waals surface area contributed by atoms with E-state index in [-0.39, 0.29) is 5.56 Å². The number of alkyl halides is 3. The van der Waals surface area contributed by atoms with Gasteiger partial charge in [-0.3, -0.25) is 4.79 Å². The zero-order valence-electron chi connectivity index (χ0n) is 22.0. The molecule has 206 valence electrons. The maximum absolute atomic E-state index is 13.1. The van der Waals surface area contributed by atoms with Crippen LogP contribution in [0.15, 0.2) is 48.7 Å². The standard InChI is InChI=1S/C29H33F3N6O/c1-20-8-9-24(35-27(39)21-6-4-7-23(16-21)29(30,31)32)17-26(20)38-15-10-25-22(19-38)18-34-28(36-25)33-11-5-14-37-12-2-3-13-37/h4,6-9,16-18H,2-3,5,10-15,19H2,1H3,(H,35,39)(H,33,34,36). The lowest BCUT2D eigenvalue weighted by molar-refractivity contribution is -0.137. The molecule has 1 saturated heterocycles. The van der Waals surface area contributed by atoms with Gasteiger partial charge in [0.25, 0.3) is 5.91 Å². The Kier molecular flexibility index (Phi) is 8.02. The van der Waals surface area contributed by atoms with Crippen LogP contribution in [0.3, 0.4) is 0 Å². The van der Waals surface area contributed by atoms with Gasteiger partial charge in [-0.25, -0.2) is 9.97 Å². The van der Waals surface area contributed by atoms with Gasteiger partial charge in [0.2, 0.25) is 5.95 Å². The number of fused-ring (bicyclic) bond motifs is 1. The van der Waals surface area contributed by atoms with Gasteiger partial charge >= 0.3 is 6.18 Å². The maximum atomic E-state index is 13.1. The number of aryl methyl sites for hydroxylation is 1. The number of halogens is 3. The van der Waals surface area contributed by atoms with Crippen molar-refractivity contribution >= 4 is 23.2 Å². The van der Waals surface area contributed by atoms with E-state index >= 15 is 0 Å². The van der Waals surface area contributed by atoms with Crippen molar-refractivity contribution in [1.29, 1.82) is 0 Å². The van der Waals surface area contributed by atoms with Crippen molar-refractivity contribution < 1.29 is 18.0 Å². The fraction of sp³-hybridized carbons (Fsp3) is 0.414. The van der Waals surface area contributed by atoms with Gasteiger partial charge in [-0.15, -0.1) is 0 Å². The number of amides is 1. The average molecular weight is 539 g/mol. The molecule has 7 nitrogen and oxygen atoms in total. The van der Waals surface area contributed by atoms with Crippen molar-refractivity contribution in [3.8, 4) is 0 Å². The summed E-state index contributed by atoms with van der Waals surface area (Å²) in [5.74, 6) is 0.0767. The summed E-state index contributed by atoms with van der Waals surface area (Å²) in [4.78, 5) is 26.7. The average Bonchev–Trinajstić information content (AvgIpc) is 3.45. The number of carbonyl (C=O) groups is 1. The molecule has 39 heavy (non-hydrogen) atoms. The van der Waals surface area contributed by atoms with Gasteiger partial charge in [-0.05, 0) is 81.7 Å². The molecule has 0 saturated carbocycles. The van der Waals surface area contributed by atoms with E-state index in [1.54, 1.807) is 6.07 Å². The fourth-order valence-corrected chi connectivity index (χ4v) is 5.18. The minimum atomic E-state index is -4.51. The molecule has 0 atom stereocenters. The van der Waals surface area contributed by atoms with Crippen LogP contribution in [0, 0.1) is 6.92 Å². The van der Waals surface area contributed by atoms with Crippen LogP contribution in [0.1, 0.15) is 52.0 Å². The topological polar surface area (TPSA) is 73.4 Å². The summed E-state index contributed by atoms with van der Waals surface area (Å²) < 4.78 is 39.2. The third kappa shape index (κ3) is 6.68. The first-order valence-corrected chi connectivity index (χ1v) is 13.4. The first-order valence-electron chi connectivity index (χ1n) is 13.4. The molecule has 10 heteroatoms. The number of aromatic nitrogens is 2. The molecule has 0 aliphatic carbocycles. The molecule has 0 spiro atoms. The van der Waals surface area contributed by atoms with Crippen LogP contribution < -0.4 is 15.5 Å². The van der Waals surface area contributed by atoms with Crippen LogP contribution in [-0.2, 0) is 19.1 Å². The van der Waals surface area contributed by atoms with E-state index in [1.807, 2.05) is 25.3 Å². The van der Waals surface area contributed by atoms with Gasteiger partial charge in [-0.2, -0.15) is 13.2 Å². The van der Waals surface area contributed by atoms with Crippen molar-refractivity contribution in [2.24, 2.45) is 0 Å². The van der Waals surface area contributed by atoms with E-state index in [1.165, 1.54) is 38.1 Å². The molecular formula is C29H33F3N6O. The van der Waals surface area contributed by atoms with Crippen molar-refractivity contribution in [1.82, 2.24) is 14.9 Å². The van der Waals surface area contributed by atoms with Crippen LogP contribution in [0.2, 0.25) is 0 Å². The molecule has 5 rings (SSSR count). The molecule has 1 aromatic heterocycles. The molecule has 2 aromatic carbocycles. The molecule has 1 amide bonds. The van der Waals surface area contributed by atoms with E-state index in [4.69, 9.17) is 4.98 Å². The quantitative estimate of drug-likeness (QED) is 0.368. The highest BCUT2D eigenvalue weighted by Gasteiger charge is 2.31. The van der Waals surface area contributed by atoms with Crippen molar-refractivity contribution in [3.05, 3.63) is 76.6 Å². The lowest BCUT2D eigenvalue weighted by Gasteiger charge is -2.31. The van der Waals surface area contributed by atoms with Gasteiger partial charge in [0.15, 0.2) is 0 Å². The number of nitrogens with zero attached hydrogens (tertiary/aromatic N) is 4. The Balaban J connectivity index is 1.21. The minimum absolute atomic E-state index is 0.0449. The molecule has 0 unspecified atom stereocenters. The number of likely N-dealkylation sites (tertiary alicyclic amines) is 1. The Morgan fingerprint density at radius 1 is 1.08 bits per heavy atom. The van der Waals surface area contributed by atoms with E-state index in [0.717, 1.165) is 67.1 Å². The first-order chi connectivity index (χ1) is 18.8. The largest absolute Gasteiger partial charge is 0.416 e. The van der Waals surface area contributed by atoms with E-state index in [9.17, 15) is 18.0 Å². The van der Waals surface area contributed by atoms with Crippen LogP contribution in [0.5, 0.6) is 0 Å². The highest BCUT2D eigenvalue weighted by Crippen LogP contribution is 2.31. The number of benzene rings is 2. The lowest BCUT2D eigenvalue weighted by Crippen LogP contribution is -2.32. The normalized spacial score (nSPS) is 15.7. The Hall–Kier alpha value is -3.66. The SMILES string of the molecule is Cc1ccc(NC(=O)c2cccc(C(F)(F)F)c2)cc1N1CCc2nc(NCCCN3CCCC3)ncc2C1. The molecule has 0 radical (unpaired) electrons. The zero-order valence-corrected chi connectivity index (χ0v) is 22.0. The summed E-state index contributed by atoms with van der Waals surface area (Å²) in [7, 11) is 0. The summed E-state index contributed by atoms with van der Waals surface area (Å²) in [5, 5.41) is 6.10. The summed E-state index contributed by atoms with van der Waals surface area (Å²) in [6.07, 6.45) is 1.81. The highest BCUT2D eigenvalue weighted by atomic mass is 19.4. The number of nitrogens with one attached hydrogen (secondary N) is 2. The maximum Gasteiger partial charge on any atom is 0.416 e. The number of anilines is 3. The second kappa shape index (κ2) is 11.6. The zero-order chi connectivity index (χ0) is 27.4. The monoisotopic (exact) mass is 538 g/mol. The number of rotatable bonds is 8. The molecule has 3 aromatic rings. The summed E-state index contributed by atoms with van der Waals surface area (Å²) in [6, 6.07) is 9.95. The van der Waals surface area contributed by atoms with Crippen LogP contribution >= 0.6 is 0 Å². The fourth-order valence-electron chi connectivity index (χ4n) is 5.18. The molecule has 2 aliphatic heterocycles. The lowest BCUT2D eigenvalue weighted by atomic mass is 10.0. The van der Waals surface area contributed by atoms with Gasteiger partial charge in [-0.1, -0.05) is 12.1 Å². The van der Waals surface area contributed by atoms with Gasteiger partial charge in [0.05, 0.1) is 11.3 Å².